The summed E-state index contributed by atoms with van der Waals surface area (Å²) >= 11 is 12.0. The van der Waals surface area contributed by atoms with Crippen molar-refractivity contribution >= 4 is 34.9 Å². The highest BCUT2D eigenvalue weighted by atomic mass is 35.5. The first kappa shape index (κ1) is 21.9. The zero-order valence-corrected chi connectivity index (χ0v) is 18.9. The van der Waals surface area contributed by atoms with Crippen molar-refractivity contribution in [3.63, 3.8) is 0 Å². The summed E-state index contributed by atoms with van der Waals surface area (Å²) in [6.07, 6.45) is 0. The number of aromatic nitrogens is 2. The van der Waals surface area contributed by atoms with Crippen molar-refractivity contribution < 1.29 is 9.53 Å². The van der Waals surface area contributed by atoms with Crippen LogP contribution in [0.3, 0.4) is 0 Å². The van der Waals surface area contributed by atoms with Gasteiger partial charge in [-0.25, -0.2) is 0 Å². The Bertz CT molecular complexity index is 1240. The maximum Gasteiger partial charge on any atom is 0.256 e. The molecule has 0 radical (unpaired) electrons. The van der Waals surface area contributed by atoms with E-state index >= 15 is 0 Å². The van der Waals surface area contributed by atoms with Gasteiger partial charge in [0.1, 0.15) is 12.4 Å². The van der Waals surface area contributed by atoms with E-state index in [-0.39, 0.29) is 5.91 Å². The van der Waals surface area contributed by atoms with Crippen LogP contribution in [0, 0.1) is 6.92 Å². The lowest BCUT2D eigenvalue weighted by Crippen LogP contribution is -2.13. The molecule has 1 N–H and O–H groups in total. The highest BCUT2D eigenvalue weighted by Gasteiger charge is 2.11. The highest BCUT2D eigenvalue weighted by Crippen LogP contribution is 2.19. The van der Waals surface area contributed by atoms with Crippen molar-refractivity contribution in [2.45, 2.75) is 20.1 Å². The number of nitrogens with zero attached hydrogens (tertiary/aromatic N) is 2. The van der Waals surface area contributed by atoms with Gasteiger partial charge < -0.3 is 10.1 Å². The van der Waals surface area contributed by atoms with Crippen molar-refractivity contribution in [3.05, 3.63) is 111 Å². The Morgan fingerprint density at radius 2 is 1.66 bits per heavy atom. The number of halogens is 2. The quantitative estimate of drug-likeness (QED) is 0.344. The van der Waals surface area contributed by atoms with E-state index < -0.39 is 0 Å². The number of rotatable bonds is 7. The smallest absolute Gasteiger partial charge is 0.256 e. The van der Waals surface area contributed by atoms with Crippen LogP contribution < -0.4 is 10.1 Å². The van der Waals surface area contributed by atoms with Crippen molar-refractivity contribution in [1.82, 2.24) is 9.78 Å². The summed E-state index contributed by atoms with van der Waals surface area (Å²) in [4.78, 5) is 12.6. The van der Waals surface area contributed by atoms with Crippen LogP contribution in [-0.2, 0) is 13.2 Å². The third-order valence-corrected chi connectivity index (χ3v) is 5.33. The average Bonchev–Trinajstić information content (AvgIpc) is 3.11. The number of hydrogen-bond donors (Lipinski definition) is 1. The average molecular weight is 466 g/mol. The maximum absolute atomic E-state index is 12.6. The predicted molar refractivity (Wildman–Crippen MR) is 128 cm³/mol. The van der Waals surface area contributed by atoms with Gasteiger partial charge in [-0.15, -0.1) is 0 Å². The van der Waals surface area contributed by atoms with E-state index in [2.05, 4.69) is 10.4 Å². The minimum atomic E-state index is -0.222. The maximum atomic E-state index is 12.6. The molecule has 4 rings (SSSR count). The Morgan fingerprint density at radius 3 is 2.38 bits per heavy atom. The van der Waals surface area contributed by atoms with Gasteiger partial charge in [-0.1, -0.05) is 53.5 Å². The molecule has 4 aromatic rings. The van der Waals surface area contributed by atoms with Crippen LogP contribution in [0.2, 0.25) is 10.0 Å². The SMILES string of the molecule is Cc1cc(NC(=O)c2ccc(COc3cccc(Cl)c3)cc2)nn1Cc1cccc(Cl)c1. The van der Waals surface area contributed by atoms with Crippen LogP contribution >= 0.6 is 23.2 Å². The third-order valence-electron chi connectivity index (χ3n) is 4.86. The molecule has 1 aromatic heterocycles. The number of ether oxygens (including phenoxy) is 1. The minimum Gasteiger partial charge on any atom is -0.489 e. The first-order valence-electron chi connectivity index (χ1n) is 10.0. The van der Waals surface area contributed by atoms with Crippen LogP contribution in [0.25, 0.3) is 0 Å². The number of nitrogens with one attached hydrogen (secondary N) is 1. The first-order chi connectivity index (χ1) is 15.5. The number of carbonyl (C=O) groups excluding carboxylic acids is 1. The summed E-state index contributed by atoms with van der Waals surface area (Å²) in [7, 11) is 0. The molecular formula is C25H21Cl2N3O2. The number of benzene rings is 3. The fraction of sp³-hybridized carbons (Fsp3) is 0.120. The topological polar surface area (TPSA) is 56.1 Å². The monoisotopic (exact) mass is 465 g/mol. The molecule has 0 aliphatic heterocycles. The van der Waals surface area contributed by atoms with Crippen LogP contribution in [0.5, 0.6) is 5.75 Å². The van der Waals surface area contributed by atoms with Crippen molar-refractivity contribution in [2.75, 3.05) is 5.32 Å². The zero-order valence-electron chi connectivity index (χ0n) is 17.4. The van der Waals surface area contributed by atoms with E-state index in [9.17, 15) is 4.79 Å². The molecule has 0 fully saturated rings. The van der Waals surface area contributed by atoms with E-state index in [1.54, 1.807) is 24.3 Å². The van der Waals surface area contributed by atoms with E-state index in [1.165, 1.54) is 0 Å². The van der Waals surface area contributed by atoms with Crippen LogP contribution in [0.4, 0.5) is 5.82 Å². The lowest BCUT2D eigenvalue weighted by molar-refractivity contribution is 0.102. The lowest BCUT2D eigenvalue weighted by Gasteiger charge is -2.08. The molecule has 7 heteroatoms. The molecule has 0 saturated carbocycles. The summed E-state index contributed by atoms with van der Waals surface area (Å²) in [5, 5.41) is 8.66. The molecule has 1 heterocycles. The molecule has 162 valence electrons. The van der Waals surface area contributed by atoms with Gasteiger partial charge in [0, 0.05) is 27.4 Å². The number of anilines is 1. The summed E-state index contributed by atoms with van der Waals surface area (Å²) < 4.78 is 7.57. The molecule has 0 spiro atoms. The van der Waals surface area contributed by atoms with Crippen molar-refractivity contribution in [3.8, 4) is 5.75 Å². The van der Waals surface area contributed by atoms with Crippen molar-refractivity contribution in [2.24, 2.45) is 0 Å². The molecule has 0 saturated heterocycles. The largest absolute Gasteiger partial charge is 0.489 e. The van der Waals surface area contributed by atoms with Gasteiger partial charge in [-0.3, -0.25) is 9.48 Å². The van der Waals surface area contributed by atoms with Gasteiger partial charge in [0.05, 0.1) is 6.54 Å². The molecule has 0 unspecified atom stereocenters. The second kappa shape index (κ2) is 9.90. The van der Waals surface area contributed by atoms with E-state index in [1.807, 2.05) is 66.2 Å². The molecule has 1 amide bonds. The van der Waals surface area contributed by atoms with Gasteiger partial charge in [-0.05, 0) is 60.5 Å². The van der Waals surface area contributed by atoms with Gasteiger partial charge in [-0.2, -0.15) is 5.10 Å². The third kappa shape index (κ3) is 5.69. The second-order valence-electron chi connectivity index (χ2n) is 7.36. The van der Waals surface area contributed by atoms with E-state index in [0.29, 0.717) is 40.3 Å². The van der Waals surface area contributed by atoms with E-state index in [0.717, 1.165) is 16.8 Å². The molecule has 32 heavy (non-hydrogen) atoms. The first-order valence-corrected chi connectivity index (χ1v) is 10.8. The number of hydrogen-bond acceptors (Lipinski definition) is 3. The molecule has 5 nitrogen and oxygen atoms in total. The van der Waals surface area contributed by atoms with Crippen LogP contribution in [0.1, 0.15) is 27.2 Å². The van der Waals surface area contributed by atoms with E-state index in [4.69, 9.17) is 27.9 Å². The predicted octanol–water partition coefficient (Wildman–Crippen LogP) is 6.38. The number of aryl methyl sites for hydroxylation is 1. The van der Waals surface area contributed by atoms with Crippen molar-refractivity contribution in [1.29, 1.82) is 0 Å². The Labute approximate surface area is 196 Å². The summed E-state index contributed by atoms with van der Waals surface area (Å²) in [5.41, 5.74) is 3.47. The molecule has 3 aromatic carbocycles. The van der Waals surface area contributed by atoms with Crippen LogP contribution in [-0.4, -0.2) is 15.7 Å². The fourth-order valence-electron chi connectivity index (χ4n) is 3.20. The summed E-state index contributed by atoms with van der Waals surface area (Å²) in [6, 6.07) is 24.0. The van der Waals surface area contributed by atoms with Crippen LogP contribution in [0.15, 0.2) is 78.9 Å². The zero-order chi connectivity index (χ0) is 22.5. The Balaban J connectivity index is 1.36. The Hall–Kier alpha value is -3.28. The highest BCUT2D eigenvalue weighted by molar-refractivity contribution is 6.30. The number of carbonyl (C=O) groups is 1. The van der Waals surface area contributed by atoms with Gasteiger partial charge >= 0.3 is 0 Å². The summed E-state index contributed by atoms with van der Waals surface area (Å²) in [6.45, 7) is 2.90. The normalized spacial score (nSPS) is 10.7. The standard InChI is InChI=1S/C25H21Cl2N3O2/c1-17-12-24(29-30(17)15-19-4-2-5-21(26)13-19)28-25(31)20-10-8-18(9-11-20)16-32-23-7-3-6-22(27)14-23/h2-14H,15-16H2,1H3,(H,28,29,31). The molecule has 0 atom stereocenters. The van der Waals surface area contributed by atoms with Gasteiger partial charge in [0.2, 0.25) is 0 Å². The number of amides is 1. The molecule has 0 bridgehead atoms. The van der Waals surface area contributed by atoms with Gasteiger partial charge in [0.15, 0.2) is 5.82 Å². The Morgan fingerprint density at radius 1 is 0.938 bits per heavy atom. The molecule has 0 aliphatic carbocycles. The summed E-state index contributed by atoms with van der Waals surface area (Å²) in [5.74, 6) is 0.977. The van der Waals surface area contributed by atoms with Gasteiger partial charge in [0.25, 0.3) is 5.91 Å². The minimum absolute atomic E-state index is 0.222. The lowest BCUT2D eigenvalue weighted by atomic mass is 10.1. The fourth-order valence-corrected chi connectivity index (χ4v) is 3.60. The second-order valence-corrected chi connectivity index (χ2v) is 8.23. The molecule has 0 aliphatic rings. The Kier molecular flexibility index (Phi) is 6.78. The molecular weight excluding hydrogens is 445 g/mol.